The second kappa shape index (κ2) is 7.01. The van der Waals surface area contributed by atoms with E-state index in [1.165, 1.54) is 0 Å². The van der Waals surface area contributed by atoms with E-state index < -0.39 is 25.2 Å². The Morgan fingerprint density at radius 1 is 1.40 bits per heavy atom. The molecule has 0 radical (unpaired) electrons. The molecule has 0 aliphatic heterocycles. The van der Waals surface area contributed by atoms with Crippen molar-refractivity contribution in [3.05, 3.63) is 0 Å². The average molecular weight is 156 g/mol. The van der Waals surface area contributed by atoms with Crippen LogP contribution in [0.2, 0.25) is 0 Å². The summed E-state index contributed by atoms with van der Waals surface area (Å²) in [5.41, 5.74) is 0. The Morgan fingerprint density at radius 3 is 2.20 bits per heavy atom. The summed E-state index contributed by atoms with van der Waals surface area (Å²) in [5, 5.41) is 17.4. The standard InChI is InChI=1S/C4H6O5.Na/c5-3(6)1-9-2-4(7)8;/h1-2H2,(H,5,6)(H,7,8);/q;+1/p-1. The fourth-order valence-electron chi connectivity index (χ4n) is 0.222. The van der Waals surface area contributed by atoms with Gasteiger partial charge in [-0.05, 0) is 0 Å². The van der Waals surface area contributed by atoms with Crippen LogP contribution in [0.15, 0.2) is 0 Å². The molecule has 0 saturated heterocycles. The molecule has 0 amide bonds. The van der Waals surface area contributed by atoms with Gasteiger partial charge in [-0.2, -0.15) is 0 Å². The molecule has 0 heterocycles. The summed E-state index contributed by atoms with van der Waals surface area (Å²) in [6, 6.07) is 0. The normalized spacial score (nSPS) is 8.00. The maximum atomic E-state index is 9.64. The molecule has 6 heteroatoms. The fourth-order valence-corrected chi connectivity index (χ4v) is 0.222. The van der Waals surface area contributed by atoms with E-state index in [4.69, 9.17) is 5.11 Å². The van der Waals surface area contributed by atoms with Crippen LogP contribution < -0.4 is 34.7 Å². The molecule has 0 aromatic rings. The molecule has 0 spiro atoms. The molecular weight excluding hydrogens is 151 g/mol. The SMILES string of the molecule is O=C([O-])COCC(=O)O.[Na+]. The van der Waals surface area contributed by atoms with Gasteiger partial charge in [0, 0.05) is 0 Å². The second-order valence-corrected chi connectivity index (χ2v) is 1.26. The molecule has 0 aliphatic rings. The van der Waals surface area contributed by atoms with Gasteiger partial charge in [-0.3, -0.25) is 0 Å². The molecular formula is C4H5NaO5. The van der Waals surface area contributed by atoms with Crippen LogP contribution in [-0.4, -0.2) is 30.3 Å². The van der Waals surface area contributed by atoms with Gasteiger partial charge in [0.25, 0.3) is 0 Å². The van der Waals surface area contributed by atoms with E-state index in [-0.39, 0.29) is 29.6 Å². The summed E-state index contributed by atoms with van der Waals surface area (Å²) in [4.78, 5) is 19.2. The van der Waals surface area contributed by atoms with Crippen molar-refractivity contribution in [2.45, 2.75) is 0 Å². The Labute approximate surface area is 79.3 Å². The molecule has 0 bridgehead atoms. The van der Waals surface area contributed by atoms with Crippen LogP contribution in [0.25, 0.3) is 0 Å². The number of hydrogen-bond acceptors (Lipinski definition) is 4. The molecule has 0 aliphatic carbocycles. The van der Waals surface area contributed by atoms with E-state index in [2.05, 4.69) is 4.74 Å². The first-order valence-corrected chi connectivity index (χ1v) is 2.12. The number of ether oxygens (including phenoxy) is 1. The van der Waals surface area contributed by atoms with Gasteiger partial charge in [0.15, 0.2) is 0 Å². The van der Waals surface area contributed by atoms with Crippen molar-refractivity contribution in [3.63, 3.8) is 0 Å². The maximum absolute atomic E-state index is 9.64. The molecule has 0 atom stereocenters. The van der Waals surface area contributed by atoms with Crippen LogP contribution in [0.5, 0.6) is 0 Å². The Bertz CT molecular complexity index is 109. The van der Waals surface area contributed by atoms with Gasteiger partial charge in [-0.15, -0.1) is 0 Å². The van der Waals surface area contributed by atoms with Gasteiger partial charge in [0.1, 0.15) is 6.61 Å². The van der Waals surface area contributed by atoms with Crippen molar-refractivity contribution in [3.8, 4) is 0 Å². The van der Waals surface area contributed by atoms with E-state index >= 15 is 0 Å². The first-order valence-electron chi connectivity index (χ1n) is 2.12. The molecule has 0 rings (SSSR count). The van der Waals surface area contributed by atoms with Crippen molar-refractivity contribution in [2.75, 3.05) is 13.2 Å². The van der Waals surface area contributed by atoms with E-state index in [0.29, 0.717) is 0 Å². The Morgan fingerprint density at radius 2 is 1.90 bits per heavy atom. The van der Waals surface area contributed by atoms with Crippen LogP contribution in [0.3, 0.4) is 0 Å². The molecule has 10 heavy (non-hydrogen) atoms. The van der Waals surface area contributed by atoms with Crippen molar-refractivity contribution in [2.24, 2.45) is 0 Å². The summed E-state index contributed by atoms with van der Waals surface area (Å²) in [7, 11) is 0. The number of carboxylic acid groups (broad SMARTS) is 2. The number of carbonyl (C=O) groups is 2. The van der Waals surface area contributed by atoms with Gasteiger partial charge in [0.05, 0.1) is 12.6 Å². The number of hydrogen-bond donors (Lipinski definition) is 1. The molecule has 5 nitrogen and oxygen atoms in total. The first kappa shape index (κ1) is 12.6. The monoisotopic (exact) mass is 156 g/mol. The predicted molar refractivity (Wildman–Crippen MR) is 23.5 cm³/mol. The molecule has 1 N–H and O–H groups in total. The van der Waals surface area contributed by atoms with Gasteiger partial charge in [-0.25, -0.2) is 4.79 Å². The summed E-state index contributed by atoms with van der Waals surface area (Å²) in [5.74, 6) is -2.62. The van der Waals surface area contributed by atoms with E-state index in [1.54, 1.807) is 0 Å². The van der Waals surface area contributed by atoms with Crippen LogP contribution in [0, 0.1) is 0 Å². The van der Waals surface area contributed by atoms with Crippen LogP contribution in [0.4, 0.5) is 0 Å². The first-order chi connectivity index (χ1) is 4.13. The van der Waals surface area contributed by atoms with Crippen LogP contribution in [0.1, 0.15) is 0 Å². The minimum Gasteiger partial charge on any atom is -0.548 e. The third-order valence-corrected chi connectivity index (χ3v) is 0.445. The zero-order chi connectivity index (χ0) is 7.28. The number of carbonyl (C=O) groups excluding carboxylic acids is 1. The fraction of sp³-hybridized carbons (Fsp3) is 0.500. The molecule has 0 saturated carbocycles. The number of aliphatic carboxylic acids is 2. The predicted octanol–water partition coefficient (Wildman–Crippen LogP) is -5.16. The number of rotatable bonds is 4. The van der Waals surface area contributed by atoms with Crippen LogP contribution in [-0.2, 0) is 14.3 Å². The topological polar surface area (TPSA) is 86.7 Å². The number of carboxylic acids is 2. The zero-order valence-corrected chi connectivity index (χ0v) is 7.49. The minimum absolute atomic E-state index is 0. The summed E-state index contributed by atoms with van der Waals surface area (Å²) in [6.07, 6.45) is 0. The van der Waals surface area contributed by atoms with E-state index in [9.17, 15) is 14.7 Å². The maximum Gasteiger partial charge on any atom is 1.00 e. The quantitative estimate of drug-likeness (QED) is 0.411. The molecule has 52 valence electrons. The summed E-state index contributed by atoms with van der Waals surface area (Å²) in [6.45, 7) is -1.28. The van der Waals surface area contributed by atoms with Crippen molar-refractivity contribution in [1.82, 2.24) is 0 Å². The van der Waals surface area contributed by atoms with Gasteiger partial charge >= 0.3 is 35.5 Å². The van der Waals surface area contributed by atoms with Gasteiger partial charge in [0.2, 0.25) is 0 Å². The average Bonchev–Trinajstić information content (AvgIpc) is 1.63. The Balaban J connectivity index is 0. The third kappa shape index (κ3) is 10.8. The second-order valence-electron chi connectivity index (χ2n) is 1.26. The smallest absolute Gasteiger partial charge is 0.548 e. The molecule has 0 fully saturated rings. The Kier molecular flexibility index (Phi) is 8.81. The van der Waals surface area contributed by atoms with E-state index in [0.717, 1.165) is 0 Å². The summed E-state index contributed by atoms with van der Waals surface area (Å²) >= 11 is 0. The molecule has 0 unspecified atom stereocenters. The molecule has 0 aromatic carbocycles. The van der Waals surface area contributed by atoms with E-state index in [1.807, 2.05) is 0 Å². The Hall–Kier alpha value is -0.100. The minimum atomic E-state index is -1.42. The van der Waals surface area contributed by atoms with Gasteiger partial charge in [-0.1, -0.05) is 0 Å². The van der Waals surface area contributed by atoms with Crippen molar-refractivity contribution < 1.29 is 54.1 Å². The van der Waals surface area contributed by atoms with Gasteiger partial charge < -0.3 is 19.7 Å². The molecule has 0 aromatic heterocycles. The summed E-state index contributed by atoms with van der Waals surface area (Å²) < 4.78 is 4.09. The van der Waals surface area contributed by atoms with Crippen molar-refractivity contribution >= 4 is 11.9 Å². The third-order valence-electron chi connectivity index (χ3n) is 0.445. The van der Waals surface area contributed by atoms with Crippen LogP contribution >= 0.6 is 0 Å². The van der Waals surface area contributed by atoms with Crippen molar-refractivity contribution in [1.29, 1.82) is 0 Å². The zero-order valence-electron chi connectivity index (χ0n) is 5.49. The largest absolute Gasteiger partial charge is 1.00 e.